The van der Waals surface area contributed by atoms with Crippen molar-refractivity contribution in [3.63, 3.8) is 0 Å². The first-order valence-corrected chi connectivity index (χ1v) is 6.69. The molecule has 0 aliphatic carbocycles. The van der Waals surface area contributed by atoms with Gasteiger partial charge >= 0.3 is 5.97 Å². The van der Waals surface area contributed by atoms with E-state index in [0.29, 0.717) is 18.0 Å². The molecule has 1 unspecified atom stereocenters. The highest BCUT2D eigenvalue weighted by atomic mass is 35.5. The minimum absolute atomic E-state index is 0.470. The van der Waals surface area contributed by atoms with E-state index in [1.165, 1.54) is 0 Å². The van der Waals surface area contributed by atoms with E-state index in [4.69, 9.17) is 11.6 Å². The first kappa shape index (κ1) is 16.0. The molecule has 0 aliphatic rings. The van der Waals surface area contributed by atoms with E-state index < -0.39 is 11.5 Å². The Labute approximate surface area is 119 Å². The van der Waals surface area contributed by atoms with Crippen LogP contribution >= 0.6 is 11.6 Å². The Hall–Kier alpha value is -1.10. The van der Waals surface area contributed by atoms with Gasteiger partial charge in [-0.3, -0.25) is 5.32 Å². The van der Waals surface area contributed by atoms with Crippen molar-refractivity contribution in [2.24, 2.45) is 0 Å². The van der Waals surface area contributed by atoms with Gasteiger partial charge in [-0.1, -0.05) is 30.7 Å². The standard InChI is InChI=1S/C14H21ClN2O2/c1-4-14(13(18)19,16-9-10-17(2)3)11-5-7-12(15)8-6-11/h5-8,16H,4,9-10H2,1-3H3,(H,18,19). The van der Waals surface area contributed by atoms with Crippen LogP contribution in [0.3, 0.4) is 0 Å². The normalized spacial score (nSPS) is 14.4. The molecule has 0 heterocycles. The van der Waals surface area contributed by atoms with Crippen LogP contribution in [0.15, 0.2) is 24.3 Å². The van der Waals surface area contributed by atoms with Crippen molar-refractivity contribution >= 4 is 17.6 Å². The number of hydrogen-bond donors (Lipinski definition) is 2. The summed E-state index contributed by atoms with van der Waals surface area (Å²) in [5.74, 6) is -0.865. The highest BCUT2D eigenvalue weighted by Gasteiger charge is 2.37. The summed E-state index contributed by atoms with van der Waals surface area (Å²) in [6, 6.07) is 6.97. The second-order valence-corrected chi connectivity index (χ2v) is 5.24. The van der Waals surface area contributed by atoms with E-state index in [0.717, 1.165) is 12.1 Å². The molecule has 0 saturated heterocycles. The van der Waals surface area contributed by atoms with Crippen LogP contribution in [0.4, 0.5) is 0 Å². The summed E-state index contributed by atoms with van der Waals surface area (Å²) in [7, 11) is 3.91. The van der Waals surface area contributed by atoms with Crippen LogP contribution in [-0.2, 0) is 10.3 Å². The predicted octanol–water partition coefficient (Wildman–Crippen LogP) is 2.18. The number of halogens is 1. The van der Waals surface area contributed by atoms with Crippen molar-refractivity contribution in [1.29, 1.82) is 0 Å². The molecule has 0 aliphatic heterocycles. The van der Waals surface area contributed by atoms with Crippen molar-refractivity contribution in [3.05, 3.63) is 34.9 Å². The zero-order chi connectivity index (χ0) is 14.5. The molecule has 2 N–H and O–H groups in total. The van der Waals surface area contributed by atoms with Gasteiger partial charge in [-0.25, -0.2) is 4.79 Å². The summed E-state index contributed by atoms with van der Waals surface area (Å²) in [5.41, 5.74) is -0.328. The number of carboxylic acid groups (broad SMARTS) is 1. The maximum absolute atomic E-state index is 11.7. The molecule has 5 heteroatoms. The summed E-state index contributed by atoms with van der Waals surface area (Å²) >= 11 is 5.86. The molecule has 1 atom stereocenters. The molecule has 0 spiro atoms. The Morgan fingerprint density at radius 3 is 2.37 bits per heavy atom. The second kappa shape index (κ2) is 6.89. The van der Waals surface area contributed by atoms with Crippen LogP contribution in [0.5, 0.6) is 0 Å². The fourth-order valence-electron chi connectivity index (χ4n) is 2.01. The van der Waals surface area contributed by atoms with Gasteiger partial charge in [0.2, 0.25) is 0 Å². The summed E-state index contributed by atoms with van der Waals surface area (Å²) in [6.45, 7) is 3.25. The van der Waals surface area contributed by atoms with E-state index in [1.807, 2.05) is 25.9 Å². The highest BCUT2D eigenvalue weighted by molar-refractivity contribution is 6.30. The third-order valence-corrected chi connectivity index (χ3v) is 3.47. The van der Waals surface area contributed by atoms with Crippen LogP contribution in [-0.4, -0.2) is 43.2 Å². The van der Waals surface area contributed by atoms with E-state index in [2.05, 4.69) is 5.32 Å². The third kappa shape index (κ3) is 3.93. The number of aliphatic carboxylic acids is 1. The van der Waals surface area contributed by atoms with Crippen LogP contribution in [0.1, 0.15) is 18.9 Å². The maximum Gasteiger partial charge on any atom is 0.328 e. The highest BCUT2D eigenvalue weighted by Crippen LogP contribution is 2.26. The number of benzene rings is 1. The quantitative estimate of drug-likeness (QED) is 0.806. The number of nitrogens with one attached hydrogen (secondary N) is 1. The lowest BCUT2D eigenvalue weighted by molar-refractivity contribution is -0.145. The van der Waals surface area contributed by atoms with Gasteiger partial charge in [0.25, 0.3) is 0 Å². The molecular weight excluding hydrogens is 264 g/mol. The topological polar surface area (TPSA) is 52.6 Å². The zero-order valence-corrected chi connectivity index (χ0v) is 12.4. The molecule has 0 saturated carbocycles. The van der Waals surface area contributed by atoms with Gasteiger partial charge < -0.3 is 10.0 Å². The minimum Gasteiger partial charge on any atom is -0.480 e. The van der Waals surface area contributed by atoms with Crippen molar-refractivity contribution < 1.29 is 9.90 Å². The molecule has 0 fully saturated rings. The third-order valence-electron chi connectivity index (χ3n) is 3.22. The number of likely N-dealkylation sites (N-methyl/N-ethyl adjacent to an activating group) is 1. The Kier molecular flexibility index (Phi) is 5.79. The second-order valence-electron chi connectivity index (χ2n) is 4.80. The number of carboxylic acids is 1. The Balaban J connectivity index is 2.98. The lowest BCUT2D eigenvalue weighted by Gasteiger charge is -2.30. The van der Waals surface area contributed by atoms with Crippen LogP contribution in [0.25, 0.3) is 0 Å². The summed E-state index contributed by atoms with van der Waals surface area (Å²) in [4.78, 5) is 13.7. The average molecular weight is 285 g/mol. The lowest BCUT2D eigenvalue weighted by Crippen LogP contribution is -2.50. The molecule has 0 amide bonds. The summed E-state index contributed by atoms with van der Waals surface area (Å²) in [6.07, 6.45) is 0.470. The molecule has 0 bridgehead atoms. The smallest absolute Gasteiger partial charge is 0.328 e. The molecule has 0 aromatic heterocycles. The van der Waals surface area contributed by atoms with Gasteiger partial charge in [0, 0.05) is 18.1 Å². The zero-order valence-electron chi connectivity index (χ0n) is 11.6. The van der Waals surface area contributed by atoms with Gasteiger partial charge in [0.1, 0.15) is 5.54 Å². The van der Waals surface area contributed by atoms with Crippen LogP contribution in [0.2, 0.25) is 5.02 Å². The van der Waals surface area contributed by atoms with E-state index in [-0.39, 0.29) is 0 Å². The van der Waals surface area contributed by atoms with Crippen molar-refractivity contribution in [3.8, 4) is 0 Å². The first-order valence-electron chi connectivity index (χ1n) is 6.31. The monoisotopic (exact) mass is 284 g/mol. The SMILES string of the molecule is CCC(NCCN(C)C)(C(=O)O)c1ccc(Cl)cc1. The Morgan fingerprint density at radius 1 is 1.37 bits per heavy atom. The molecule has 106 valence electrons. The van der Waals surface area contributed by atoms with Gasteiger partial charge in [-0.05, 0) is 38.2 Å². The number of carbonyl (C=O) groups is 1. The van der Waals surface area contributed by atoms with Crippen molar-refractivity contribution in [2.75, 3.05) is 27.2 Å². The molecule has 1 rings (SSSR count). The number of rotatable bonds is 7. The Bertz CT molecular complexity index is 420. The van der Waals surface area contributed by atoms with E-state index in [9.17, 15) is 9.90 Å². The summed E-state index contributed by atoms with van der Waals surface area (Å²) < 4.78 is 0. The molecule has 0 radical (unpaired) electrons. The van der Waals surface area contributed by atoms with Crippen molar-refractivity contribution in [1.82, 2.24) is 10.2 Å². The Morgan fingerprint density at radius 2 is 1.95 bits per heavy atom. The fourth-order valence-corrected chi connectivity index (χ4v) is 2.13. The molecule has 1 aromatic rings. The fraction of sp³-hybridized carbons (Fsp3) is 0.500. The average Bonchev–Trinajstić information content (AvgIpc) is 2.35. The van der Waals surface area contributed by atoms with E-state index in [1.54, 1.807) is 24.3 Å². The van der Waals surface area contributed by atoms with Crippen molar-refractivity contribution in [2.45, 2.75) is 18.9 Å². The molecule has 4 nitrogen and oxygen atoms in total. The first-order chi connectivity index (χ1) is 8.92. The number of nitrogens with zero attached hydrogens (tertiary/aromatic N) is 1. The van der Waals surface area contributed by atoms with Crippen LogP contribution in [0, 0.1) is 0 Å². The van der Waals surface area contributed by atoms with E-state index >= 15 is 0 Å². The maximum atomic E-state index is 11.7. The largest absolute Gasteiger partial charge is 0.480 e. The lowest BCUT2D eigenvalue weighted by atomic mass is 9.87. The summed E-state index contributed by atoms with van der Waals surface area (Å²) in [5, 5.41) is 13.4. The van der Waals surface area contributed by atoms with Crippen LogP contribution < -0.4 is 5.32 Å². The molecular formula is C14H21ClN2O2. The number of hydrogen-bond acceptors (Lipinski definition) is 3. The minimum atomic E-state index is -1.05. The van der Waals surface area contributed by atoms with Gasteiger partial charge in [0.05, 0.1) is 0 Å². The van der Waals surface area contributed by atoms with Gasteiger partial charge in [0.15, 0.2) is 0 Å². The molecule has 1 aromatic carbocycles. The van der Waals surface area contributed by atoms with Gasteiger partial charge in [-0.15, -0.1) is 0 Å². The molecule has 19 heavy (non-hydrogen) atoms. The van der Waals surface area contributed by atoms with Gasteiger partial charge in [-0.2, -0.15) is 0 Å². The predicted molar refractivity (Wildman–Crippen MR) is 77.6 cm³/mol.